The Labute approximate surface area is 103 Å². The molecule has 0 aliphatic heterocycles. The zero-order valence-corrected chi connectivity index (χ0v) is 10.0. The molecule has 1 heterocycles. The highest BCUT2D eigenvalue weighted by Gasteiger charge is 2.34. The molecular formula is C13H11N3O2. The fourth-order valence-corrected chi connectivity index (χ4v) is 2.00. The van der Waals surface area contributed by atoms with Gasteiger partial charge >= 0.3 is 0 Å². The monoisotopic (exact) mass is 241 g/mol. The molecule has 0 amide bonds. The summed E-state index contributed by atoms with van der Waals surface area (Å²) in [6.45, 7) is 3.84. The normalized spacial score (nSPS) is 13.7. The number of benzene rings is 1. The molecule has 1 aromatic heterocycles. The van der Waals surface area contributed by atoms with Gasteiger partial charge < -0.3 is 0 Å². The summed E-state index contributed by atoms with van der Waals surface area (Å²) in [6, 6.07) is 7.04. The number of nitrogens with zero attached hydrogens (tertiary/aromatic N) is 3. The van der Waals surface area contributed by atoms with E-state index in [1.807, 2.05) is 19.9 Å². The van der Waals surface area contributed by atoms with Crippen LogP contribution in [0.1, 0.15) is 40.7 Å². The van der Waals surface area contributed by atoms with E-state index in [4.69, 9.17) is 0 Å². The van der Waals surface area contributed by atoms with Crippen molar-refractivity contribution in [2.24, 2.45) is 0 Å². The van der Waals surface area contributed by atoms with Gasteiger partial charge in [0.05, 0.1) is 6.04 Å². The van der Waals surface area contributed by atoms with Crippen LogP contribution in [-0.4, -0.2) is 26.6 Å². The Morgan fingerprint density at radius 2 is 1.56 bits per heavy atom. The highest BCUT2D eigenvalue weighted by Crippen LogP contribution is 2.31. The van der Waals surface area contributed by atoms with Crippen LogP contribution in [-0.2, 0) is 0 Å². The summed E-state index contributed by atoms with van der Waals surface area (Å²) >= 11 is 0. The lowest BCUT2D eigenvalue weighted by atomic mass is 9.90. The van der Waals surface area contributed by atoms with Crippen LogP contribution in [0.3, 0.4) is 0 Å². The standard InChI is InChI=1S/C13H11N3O2/c1-7(2)16-14-10-8-5-3-4-6-9(8)12(17)13(18)11(10)15-16/h3-7H,1-2H3. The van der Waals surface area contributed by atoms with Crippen LogP contribution in [0, 0.1) is 0 Å². The van der Waals surface area contributed by atoms with Crippen LogP contribution < -0.4 is 0 Å². The minimum atomic E-state index is -0.574. The first kappa shape index (κ1) is 10.8. The molecule has 5 nitrogen and oxygen atoms in total. The molecule has 5 heteroatoms. The molecule has 0 unspecified atom stereocenters. The van der Waals surface area contributed by atoms with Crippen LogP contribution in [0.4, 0.5) is 0 Å². The molecular weight excluding hydrogens is 230 g/mol. The molecule has 0 saturated heterocycles. The predicted molar refractivity (Wildman–Crippen MR) is 64.5 cm³/mol. The Kier molecular flexibility index (Phi) is 2.16. The lowest BCUT2D eigenvalue weighted by Crippen LogP contribution is -2.21. The van der Waals surface area contributed by atoms with E-state index in [1.165, 1.54) is 4.80 Å². The zero-order valence-electron chi connectivity index (χ0n) is 10.0. The van der Waals surface area contributed by atoms with E-state index < -0.39 is 11.6 Å². The first-order valence-electron chi connectivity index (χ1n) is 5.75. The van der Waals surface area contributed by atoms with Crippen molar-refractivity contribution in [1.82, 2.24) is 15.0 Å². The molecule has 0 fully saturated rings. The Morgan fingerprint density at radius 1 is 0.944 bits per heavy atom. The summed E-state index contributed by atoms with van der Waals surface area (Å²) in [7, 11) is 0. The lowest BCUT2D eigenvalue weighted by Gasteiger charge is -2.10. The number of hydrogen-bond donors (Lipinski definition) is 0. The zero-order chi connectivity index (χ0) is 12.9. The summed E-state index contributed by atoms with van der Waals surface area (Å²) in [5, 5.41) is 8.42. The van der Waals surface area contributed by atoms with Gasteiger partial charge in [0.1, 0.15) is 5.69 Å². The summed E-state index contributed by atoms with van der Waals surface area (Å²) in [6.07, 6.45) is 0. The molecule has 1 aromatic carbocycles. The Hall–Kier alpha value is -2.30. The molecule has 90 valence electrons. The number of fused-ring (bicyclic) bond motifs is 3. The maximum atomic E-state index is 11.9. The summed E-state index contributed by atoms with van der Waals surface area (Å²) in [5.74, 6) is -1.08. The van der Waals surface area contributed by atoms with Crippen molar-refractivity contribution in [2.45, 2.75) is 19.9 Å². The molecule has 3 rings (SSSR count). The number of carbonyl (C=O) groups excluding carboxylic acids is 2. The van der Waals surface area contributed by atoms with Gasteiger partial charge in [0.2, 0.25) is 5.78 Å². The third kappa shape index (κ3) is 1.33. The Balaban J connectivity index is 2.31. The molecule has 0 saturated carbocycles. The van der Waals surface area contributed by atoms with Gasteiger partial charge in [0, 0.05) is 11.1 Å². The SMILES string of the molecule is CC(C)n1nc2c(n1)-c1ccccc1C(=O)C2=O. The maximum absolute atomic E-state index is 11.9. The maximum Gasteiger partial charge on any atom is 0.256 e. The fourth-order valence-electron chi connectivity index (χ4n) is 2.00. The van der Waals surface area contributed by atoms with Gasteiger partial charge in [-0.1, -0.05) is 24.3 Å². The van der Waals surface area contributed by atoms with Crippen molar-refractivity contribution in [2.75, 3.05) is 0 Å². The minimum absolute atomic E-state index is 0.0469. The van der Waals surface area contributed by atoms with Crippen LogP contribution in [0.2, 0.25) is 0 Å². The van der Waals surface area contributed by atoms with Crippen molar-refractivity contribution >= 4 is 11.6 Å². The van der Waals surface area contributed by atoms with E-state index in [-0.39, 0.29) is 11.7 Å². The molecule has 0 bridgehead atoms. The molecule has 0 atom stereocenters. The third-order valence-electron chi connectivity index (χ3n) is 2.94. The second kappa shape index (κ2) is 3.60. The van der Waals surface area contributed by atoms with E-state index in [9.17, 15) is 9.59 Å². The van der Waals surface area contributed by atoms with Gasteiger partial charge in [-0.3, -0.25) is 9.59 Å². The quantitative estimate of drug-likeness (QED) is 0.715. The highest BCUT2D eigenvalue weighted by atomic mass is 16.2. The summed E-state index contributed by atoms with van der Waals surface area (Å²) < 4.78 is 0. The van der Waals surface area contributed by atoms with E-state index in [2.05, 4.69) is 10.2 Å². The summed E-state index contributed by atoms with van der Waals surface area (Å²) in [4.78, 5) is 25.4. The number of carbonyl (C=O) groups is 2. The highest BCUT2D eigenvalue weighted by molar-refractivity contribution is 6.52. The largest absolute Gasteiger partial charge is 0.285 e. The molecule has 0 N–H and O–H groups in total. The van der Waals surface area contributed by atoms with Crippen molar-refractivity contribution < 1.29 is 9.59 Å². The molecule has 1 aliphatic carbocycles. The number of aromatic nitrogens is 3. The van der Waals surface area contributed by atoms with Crippen molar-refractivity contribution in [3.05, 3.63) is 35.5 Å². The number of hydrogen-bond acceptors (Lipinski definition) is 4. The Morgan fingerprint density at radius 3 is 2.22 bits per heavy atom. The van der Waals surface area contributed by atoms with Crippen LogP contribution in [0.25, 0.3) is 11.3 Å². The van der Waals surface area contributed by atoms with E-state index >= 15 is 0 Å². The van der Waals surface area contributed by atoms with Crippen molar-refractivity contribution in [3.63, 3.8) is 0 Å². The fraction of sp³-hybridized carbons (Fsp3) is 0.231. The second-order valence-electron chi connectivity index (χ2n) is 4.52. The van der Waals surface area contributed by atoms with Gasteiger partial charge in [0.25, 0.3) is 5.78 Å². The second-order valence-corrected chi connectivity index (χ2v) is 4.52. The average Bonchev–Trinajstić information content (AvgIpc) is 2.81. The van der Waals surface area contributed by atoms with Gasteiger partial charge in [-0.25, -0.2) is 0 Å². The first-order chi connectivity index (χ1) is 8.59. The van der Waals surface area contributed by atoms with E-state index in [0.717, 1.165) is 0 Å². The van der Waals surface area contributed by atoms with Gasteiger partial charge in [-0.15, -0.1) is 5.10 Å². The first-order valence-corrected chi connectivity index (χ1v) is 5.75. The van der Waals surface area contributed by atoms with Crippen LogP contribution >= 0.6 is 0 Å². The van der Waals surface area contributed by atoms with Gasteiger partial charge in [-0.05, 0) is 13.8 Å². The number of ketones is 2. The molecule has 1 aliphatic rings. The molecule has 0 radical (unpaired) electrons. The molecule has 2 aromatic rings. The summed E-state index contributed by atoms with van der Waals surface area (Å²) in [5.41, 5.74) is 1.76. The Bertz CT molecular complexity index is 671. The predicted octanol–water partition coefficient (Wildman–Crippen LogP) is 1.91. The number of Topliss-reactive ketones (excluding diaryl/α,β-unsaturated/α-hetero) is 2. The smallest absolute Gasteiger partial charge is 0.256 e. The van der Waals surface area contributed by atoms with Crippen molar-refractivity contribution in [3.8, 4) is 11.3 Å². The molecule has 18 heavy (non-hydrogen) atoms. The molecule has 0 spiro atoms. The minimum Gasteiger partial charge on any atom is -0.285 e. The van der Waals surface area contributed by atoms with E-state index in [1.54, 1.807) is 18.2 Å². The van der Waals surface area contributed by atoms with Crippen LogP contribution in [0.15, 0.2) is 24.3 Å². The third-order valence-corrected chi connectivity index (χ3v) is 2.94. The number of rotatable bonds is 1. The van der Waals surface area contributed by atoms with E-state index in [0.29, 0.717) is 16.8 Å². The average molecular weight is 241 g/mol. The lowest BCUT2D eigenvalue weighted by molar-refractivity contribution is 0.0812. The van der Waals surface area contributed by atoms with Crippen LogP contribution in [0.5, 0.6) is 0 Å². The van der Waals surface area contributed by atoms with Gasteiger partial charge in [0.15, 0.2) is 5.69 Å². The van der Waals surface area contributed by atoms with Gasteiger partial charge in [-0.2, -0.15) is 9.90 Å². The topological polar surface area (TPSA) is 64.8 Å². The van der Waals surface area contributed by atoms with Crippen molar-refractivity contribution in [1.29, 1.82) is 0 Å².